The second kappa shape index (κ2) is 9.75. The lowest BCUT2D eigenvalue weighted by molar-refractivity contribution is -0.357. The molecular formula is C17H23F7O5S. The lowest BCUT2D eigenvalue weighted by Crippen LogP contribution is -2.59. The molecule has 0 aromatic heterocycles. The number of carbonyl (C=O) groups excluding carboxylic acids is 2. The third kappa shape index (κ3) is 7.97. The van der Waals surface area contributed by atoms with Crippen LogP contribution < -0.4 is 0 Å². The molecule has 0 aliphatic heterocycles. The van der Waals surface area contributed by atoms with Crippen LogP contribution in [0.2, 0.25) is 0 Å². The fourth-order valence-electron chi connectivity index (χ4n) is 1.76. The SMILES string of the molecule is C=C(C)C(=O)OC(OCCCCC(F)(F)C(F)(F)S)(C(=O)OC(C)(C)C)C(F)(F)F. The first-order valence-electron chi connectivity index (χ1n) is 8.47. The quantitative estimate of drug-likeness (QED) is 0.120. The number of halogens is 7. The van der Waals surface area contributed by atoms with Crippen LogP contribution in [0.1, 0.15) is 47.0 Å². The fourth-order valence-corrected chi connectivity index (χ4v) is 1.88. The van der Waals surface area contributed by atoms with E-state index in [9.17, 15) is 40.3 Å². The van der Waals surface area contributed by atoms with Crippen molar-refractivity contribution in [2.24, 2.45) is 0 Å². The van der Waals surface area contributed by atoms with E-state index in [0.717, 1.165) is 6.92 Å². The maximum absolute atomic E-state index is 13.7. The van der Waals surface area contributed by atoms with Gasteiger partial charge >= 0.3 is 35.1 Å². The topological polar surface area (TPSA) is 61.8 Å². The van der Waals surface area contributed by atoms with Crippen molar-refractivity contribution in [3.8, 4) is 0 Å². The van der Waals surface area contributed by atoms with Gasteiger partial charge in [0.15, 0.2) is 0 Å². The van der Waals surface area contributed by atoms with Crippen molar-refractivity contribution in [2.45, 2.75) is 75.7 Å². The van der Waals surface area contributed by atoms with E-state index in [4.69, 9.17) is 0 Å². The van der Waals surface area contributed by atoms with E-state index >= 15 is 0 Å². The minimum Gasteiger partial charge on any atom is -0.455 e. The predicted octanol–water partition coefficient (Wildman–Crippen LogP) is 5.05. The number of carbonyl (C=O) groups is 2. The Morgan fingerprint density at radius 1 is 0.933 bits per heavy atom. The molecule has 0 spiro atoms. The van der Waals surface area contributed by atoms with Crippen LogP contribution in [0.4, 0.5) is 30.7 Å². The number of ether oxygens (including phenoxy) is 3. The van der Waals surface area contributed by atoms with Crippen molar-refractivity contribution in [3.05, 3.63) is 12.2 Å². The summed E-state index contributed by atoms with van der Waals surface area (Å²) in [5, 5.41) is -4.63. The Hall–Kier alpha value is -1.50. The highest BCUT2D eigenvalue weighted by molar-refractivity contribution is 7.81. The summed E-state index contributed by atoms with van der Waals surface area (Å²) in [4.78, 5) is 23.9. The molecule has 0 aliphatic carbocycles. The molecule has 0 saturated heterocycles. The van der Waals surface area contributed by atoms with Crippen molar-refractivity contribution in [1.82, 2.24) is 0 Å². The average molecular weight is 472 g/mol. The molecule has 0 aromatic carbocycles. The third-order valence-corrected chi connectivity index (χ3v) is 3.58. The molecule has 0 heterocycles. The van der Waals surface area contributed by atoms with E-state index in [1.54, 1.807) is 0 Å². The molecule has 0 aromatic rings. The normalized spacial score (nSPS) is 15.3. The summed E-state index contributed by atoms with van der Waals surface area (Å²) in [6.07, 6.45) is -8.35. The number of thiol groups is 1. The van der Waals surface area contributed by atoms with Crippen molar-refractivity contribution in [1.29, 1.82) is 0 Å². The summed E-state index contributed by atoms with van der Waals surface area (Å²) >= 11 is 2.48. The standard InChI is InChI=1S/C17H23F7O5S/c1-10(2)11(25)28-15(16(20,21)22,12(26)29-13(3,4)5)27-9-7-6-8-14(18,19)17(23,24)30/h30H,1,6-9H2,2-5H3. The molecule has 0 radical (unpaired) electrons. The number of hydrogen-bond donors (Lipinski definition) is 1. The van der Waals surface area contributed by atoms with Crippen LogP contribution in [-0.4, -0.2) is 47.3 Å². The van der Waals surface area contributed by atoms with E-state index in [0.29, 0.717) is 0 Å². The van der Waals surface area contributed by atoms with Gasteiger partial charge in [0.25, 0.3) is 0 Å². The average Bonchev–Trinajstić information content (AvgIpc) is 2.48. The van der Waals surface area contributed by atoms with Gasteiger partial charge in [-0.05, 0) is 40.5 Å². The van der Waals surface area contributed by atoms with Gasteiger partial charge in [-0.15, -0.1) is 0 Å². The number of alkyl halides is 7. The van der Waals surface area contributed by atoms with E-state index in [-0.39, 0.29) is 0 Å². The monoisotopic (exact) mass is 472 g/mol. The van der Waals surface area contributed by atoms with Crippen molar-refractivity contribution >= 4 is 24.6 Å². The first-order valence-corrected chi connectivity index (χ1v) is 8.92. The summed E-state index contributed by atoms with van der Waals surface area (Å²) in [7, 11) is 0. The molecule has 0 bridgehead atoms. The first kappa shape index (κ1) is 28.5. The third-order valence-electron chi connectivity index (χ3n) is 3.26. The van der Waals surface area contributed by atoms with Crippen molar-refractivity contribution < 1.29 is 54.5 Å². The van der Waals surface area contributed by atoms with Crippen LogP contribution in [-0.2, 0) is 23.8 Å². The highest BCUT2D eigenvalue weighted by atomic mass is 32.1. The zero-order valence-corrected chi connectivity index (χ0v) is 17.6. The smallest absolute Gasteiger partial charge is 0.455 e. The molecule has 0 fully saturated rings. The molecule has 0 amide bonds. The summed E-state index contributed by atoms with van der Waals surface area (Å²) in [6.45, 7) is 6.80. The summed E-state index contributed by atoms with van der Waals surface area (Å²) in [6, 6.07) is 0. The van der Waals surface area contributed by atoms with Crippen molar-refractivity contribution in [3.63, 3.8) is 0 Å². The van der Waals surface area contributed by atoms with Gasteiger partial charge in [-0.3, -0.25) is 0 Å². The van der Waals surface area contributed by atoms with Crippen molar-refractivity contribution in [2.75, 3.05) is 6.61 Å². The molecule has 0 rings (SSSR count). The summed E-state index contributed by atoms with van der Waals surface area (Å²) in [5.74, 6) is -12.5. The number of rotatable bonds is 10. The predicted molar refractivity (Wildman–Crippen MR) is 94.2 cm³/mol. The van der Waals surface area contributed by atoms with Gasteiger partial charge in [0.1, 0.15) is 5.60 Å². The van der Waals surface area contributed by atoms with Gasteiger partial charge in [0, 0.05) is 12.0 Å². The molecule has 0 N–H and O–H groups in total. The first-order chi connectivity index (χ1) is 13.2. The zero-order valence-electron chi connectivity index (χ0n) is 16.7. The minimum absolute atomic E-state index is 0.494. The van der Waals surface area contributed by atoms with Gasteiger partial charge in [0.05, 0.1) is 6.61 Å². The summed E-state index contributed by atoms with van der Waals surface area (Å²) in [5.41, 5.74) is -1.93. The number of esters is 2. The maximum Gasteiger partial charge on any atom is 0.468 e. The van der Waals surface area contributed by atoms with E-state index in [1.165, 1.54) is 20.8 Å². The highest BCUT2D eigenvalue weighted by Crippen LogP contribution is 2.41. The van der Waals surface area contributed by atoms with E-state index in [2.05, 4.69) is 33.4 Å². The molecule has 0 aliphatic rings. The van der Waals surface area contributed by atoms with Crippen LogP contribution in [0.5, 0.6) is 0 Å². The van der Waals surface area contributed by atoms with Gasteiger partial charge in [-0.2, -0.15) is 30.7 Å². The van der Waals surface area contributed by atoms with Gasteiger partial charge in [-0.1, -0.05) is 19.2 Å². The lowest BCUT2D eigenvalue weighted by Gasteiger charge is -2.34. The van der Waals surface area contributed by atoms with E-state index in [1.807, 2.05) is 0 Å². The van der Waals surface area contributed by atoms with Crippen LogP contribution in [0.3, 0.4) is 0 Å². The van der Waals surface area contributed by atoms with E-state index < -0.39 is 72.1 Å². The Kier molecular flexibility index (Phi) is 9.26. The zero-order chi connectivity index (χ0) is 24.2. The Balaban J connectivity index is 5.55. The number of hydrogen-bond acceptors (Lipinski definition) is 6. The van der Waals surface area contributed by atoms with Gasteiger partial charge in [-0.25, -0.2) is 9.59 Å². The Labute approximate surface area is 174 Å². The van der Waals surface area contributed by atoms with Crippen LogP contribution in [0, 0.1) is 0 Å². The van der Waals surface area contributed by atoms with Gasteiger partial charge < -0.3 is 14.2 Å². The molecule has 176 valence electrons. The Bertz CT molecular complexity index is 638. The molecular weight excluding hydrogens is 449 g/mol. The maximum atomic E-state index is 13.7. The second-order valence-electron chi connectivity index (χ2n) is 7.34. The lowest BCUT2D eigenvalue weighted by atomic mass is 10.1. The largest absolute Gasteiger partial charge is 0.468 e. The van der Waals surface area contributed by atoms with Gasteiger partial charge in [0.2, 0.25) is 0 Å². The Morgan fingerprint density at radius 3 is 1.80 bits per heavy atom. The molecule has 1 unspecified atom stereocenters. The highest BCUT2D eigenvalue weighted by Gasteiger charge is 2.68. The fraction of sp³-hybridized carbons (Fsp3) is 0.765. The minimum atomic E-state index is -5.62. The number of unbranched alkanes of at least 4 members (excludes halogenated alkanes) is 1. The molecule has 5 nitrogen and oxygen atoms in total. The molecule has 13 heteroatoms. The Morgan fingerprint density at radius 2 is 1.43 bits per heavy atom. The van der Waals surface area contributed by atoms with Crippen LogP contribution in [0.15, 0.2) is 12.2 Å². The van der Waals surface area contributed by atoms with Crippen LogP contribution in [0.25, 0.3) is 0 Å². The van der Waals surface area contributed by atoms with Crippen LogP contribution >= 0.6 is 12.6 Å². The molecule has 1 atom stereocenters. The second-order valence-corrected chi connectivity index (χ2v) is 7.90. The molecule has 30 heavy (non-hydrogen) atoms. The summed E-state index contributed by atoms with van der Waals surface area (Å²) < 4.78 is 106. The molecule has 0 saturated carbocycles.